The summed E-state index contributed by atoms with van der Waals surface area (Å²) in [5.41, 5.74) is 8.57. The molecule has 0 radical (unpaired) electrons. The van der Waals surface area contributed by atoms with Crippen LogP contribution in [0.25, 0.3) is 0 Å². The summed E-state index contributed by atoms with van der Waals surface area (Å²) in [6.07, 6.45) is 2.83. The molecule has 122 valence electrons. The van der Waals surface area contributed by atoms with Crippen molar-refractivity contribution >= 4 is 17.7 Å². The van der Waals surface area contributed by atoms with Crippen molar-refractivity contribution in [1.82, 2.24) is 4.90 Å². The molecule has 2 N–H and O–H groups in total. The van der Waals surface area contributed by atoms with E-state index in [1.807, 2.05) is 60.5 Å². The molecule has 3 nitrogen and oxygen atoms in total. The Bertz CT molecular complexity index is 643. The molecule has 2 aromatic rings. The average molecular weight is 328 g/mol. The third-order valence-electron chi connectivity index (χ3n) is 3.81. The minimum Gasteiger partial charge on any atom is -0.334 e. The minimum absolute atomic E-state index is 0.0794. The molecule has 0 spiro atoms. The predicted octanol–water partition coefficient (Wildman–Crippen LogP) is 3.71. The van der Waals surface area contributed by atoms with Gasteiger partial charge in [0, 0.05) is 23.5 Å². The minimum atomic E-state index is 0.0794. The lowest BCUT2D eigenvalue weighted by molar-refractivity contribution is 0.0741. The Morgan fingerprint density at radius 3 is 2.57 bits per heavy atom. The van der Waals surface area contributed by atoms with Crippen LogP contribution in [0.1, 0.15) is 27.9 Å². The molecule has 23 heavy (non-hydrogen) atoms. The largest absolute Gasteiger partial charge is 0.334 e. The molecule has 0 aliphatic rings. The van der Waals surface area contributed by atoms with E-state index in [-0.39, 0.29) is 5.91 Å². The number of benzene rings is 2. The highest BCUT2D eigenvalue weighted by Gasteiger charge is 2.18. The van der Waals surface area contributed by atoms with Crippen molar-refractivity contribution in [3.05, 3.63) is 65.2 Å². The van der Waals surface area contributed by atoms with Gasteiger partial charge in [0.25, 0.3) is 5.91 Å². The number of carbonyl (C=O) groups is 1. The van der Waals surface area contributed by atoms with E-state index in [1.54, 1.807) is 11.8 Å². The lowest BCUT2D eigenvalue weighted by Gasteiger charge is -2.24. The van der Waals surface area contributed by atoms with Gasteiger partial charge in [0.05, 0.1) is 0 Å². The Hall–Kier alpha value is -1.78. The molecule has 0 saturated carbocycles. The molecular formula is C19H24N2OS. The second-order valence-electron chi connectivity index (χ2n) is 5.54. The molecule has 2 aromatic carbocycles. The van der Waals surface area contributed by atoms with E-state index in [1.165, 1.54) is 0 Å². The number of hydrogen-bond acceptors (Lipinski definition) is 3. The van der Waals surface area contributed by atoms with Crippen LogP contribution in [0.5, 0.6) is 0 Å². The third kappa shape index (κ3) is 4.85. The van der Waals surface area contributed by atoms with Gasteiger partial charge in [-0.15, -0.1) is 11.8 Å². The zero-order valence-electron chi connectivity index (χ0n) is 13.8. The van der Waals surface area contributed by atoms with Crippen LogP contribution in [0.4, 0.5) is 0 Å². The molecule has 0 saturated heterocycles. The van der Waals surface area contributed by atoms with E-state index in [4.69, 9.17) is 5.73 Å². The third-order valence-corrected chi connectivity index (χ3v) is 4.54. The fourth-order valence-electron chi connectivity index (χ4n) is 2.47. The van der Waals surface area contributed by atoms with Crippen molar-refractivity contribution in [2.75, 3.05) is 19.3 Å². The molecule has 0 fully saturated rings. The van der Waals surface area contributed by atoms with Gasteiger partial charge in [-0.05, 0) is 49.4 Å². The van der Waals surface area contributed by atoms with Crippen LogP contribution in [0.15, 0.2) is 53.4 Å². The van der Waals surface area contributed by atoms with Crippen molar-refractivity contribution in [1.29, 1.82) is 0 Å². The van der Waals surface area contributed by atoms with Crippen LogP contribution in [-0.4, -0.2) is 30.2 Å². The summed E-state index contributed by atoms with van der Waals surface area (Å²) in [6, 6.07) is 16.1. The van der Waals surface area contributed by atoms with Crippen molar-refractivity contribution in [2.24, 2.45) is 5.73 Å². The van der Waals surface area contributed by atoms with Crippen molar-refractivity contribution < 1.29 is 4.79 Å². The first-order valence-electron chi connectivity index (χ1n) is 7.83. The molecule has 4 heteroatoms. The fourth-order valence-corrected chi connectivity index (χ4v) is 2.91. The molecule has 0 atom stereocenters. The van der Waals surface area contributed by atoms with Crippen molar-refractivity contribution in [3.63, 3.8) is 0 Å². The monoisotopic (exact) mass is 328 g/mol. The number of hydrogen-bond donors (Lipinski definition) is 1. The smallest absolute Gasteiger partial charge is 0.254 e. The number of thioether (sulfide) groups is 1. The summed E-state index contributed by atoms with van der Waals surface area (Å²) >= 11 is 1.65. The molecule has 2 rings (SSSR count). The first-order chi connectivity index (χ1) is 11.2. The lowest BCUT2D eigenvalue weighted by atomic mass is 10.1. The molecule has 1 amide bonds. The first-order valence-corrected chi connectivity index (χ1v) is 9.06. The van der Waals surface area contributed by atoms with E-state index >= 15 is 0 Å². The van der Waals surface area contributed by atoms with Gasteiger partial charge in [-0.1, -0.05) is 36.4 Å². The summed E-state index contributed by atoms with van der Waals surface area (Å²) in [4.78, 5) is 16.0. The zero-order valence-corrected chi connectivity index (χ0v) is 14.6. The van der Waals surface area contributed by atoms with Crippen LogP contribution in [-0.2, 0) is 6.54 Å². The number of rotatable bonds is 7. The normalized spacial score (nSPS) is 10.6. The van der Waals surface area contributed by atoms with E-state index in [2.05, 4.69) is 6.07 Å². The molecule has 0 aliphatic carbocycles. The van der Waals surface area contributed by atoms with Gasteiger partial charge in [-0.2, -0.15) is 0 Å². The van der Waals surface area contributed by atoms with Gasteiger partial charge in [0.15, 0.2) is 0 Å². The highest BCUT2D eigenvalue weighted by molar-refractivity contribution is 7.98. The summed E-state index contributed by atoms with van der Waals surface area (Å²) < 4.78 is 0. The van der Waals surface area contributed by atoms with Gasteiger partial charge in [0.1, 0.15) is 0 Å². The van der Waals surface area contributed by atoms with Crippen molar-refractivity contribution in [3.8, 4) is 0 Å². The molecule has 0 heterocycles. The van der Waals surface area contributed by atoms with E-state index in [9.17, 15) is 4.79 Å². The maximum atomic E-state index is 13.0. The van der Waals surface area contributed by atoms with Gasteiger partial charge in [-0.25, -0.2) is 0 Å². The second kappa shape index (κ2) is 8.75. The van der Waals surface area contributed by atoms with E-state index < -0.39 is 0 Å². The predicted molar refractivity (Wildman–Crippen MR) is 97.8 cm³/mol. The van der Waals surface area contributed by atoms with Crippen LogP contribution < -0.4 is 5.73 Å². The first kappa shape index (κ1) is 17.6. The van der Waals surface area contributed by atoms with Crippen molar-refractivity contribution in [2.45, 2.75) is 24.8 Å². The Balaban J connectivity index is 2.25. The Kier molecular flexibility index (Phi) is 6.68. The molecule has 0 unspecified atom stereocenters. The SMILES string of the molecule is CSc1ccc(C)c(C(=O)N(CCCN)Cc2ccccc2)c1. The van der Waals surface area contributed by atoms with Crippen LogP contribution >= 0.6 is 11.8 Å². The van der Waals surface area contributed by atoms with Gasteiger partial charge >= 0.3 is 0 Å². The number of carbonyl (C=O) groups excluding carboxylic acids is 1. The highest BCUT2D eigenvalue weighted by atomic mass is 32.2. The number of nitrogens with zero attached hydrogens (tertiary/aromatic N) is 1. The quantitative estimate of drug-likeness (QED) is 0.788. The summed E-state index contributed by atoms with van der Waals surface area (Å²) in [7, 11) is 0. The summed E-state index contributed by atoms with van der Waals surface area (Å²) in [5, 5.41) is 0. The number of amides is 1. The van der Waals surface area contributed by atoms with Gasteiger partial charge < -0.3 is 10.6 Å². The highest BCUT2D eigenvalue weighted by Crippen LogP contribution is 2.21. The molecule has 0 aromatic heterocycles. The Morgan fingerprint density at radius 2 is 1.91 bits per heavy atom. The van der Waals surface area contributed by atoms with Crippen LogP contribution in [0, 0.1) is 6.92 Å². The Morgan fingerprint density at radius 1 is 1.17 bits per heavy atom. The lowest BCUT2D eigenvalue weighted by Crippen LogP contribution is -2.33. The van der Waals surface area contributed by atoms with Gasteiger partial charge in [0.2, 0.25) is 0 Å². The fraction of sp³-hybridized carbons (Fsp3) is 0.316. The Labute approximate surface area is 142 Å². The van der Waals surface area contributed by atoms with Gasteiger partial charge in [-0.3, -0.25) is 4.79 Å². The second-order valence-corrected chi connectivity index (χ2v) is 6.42. The summed E-state index contributed by atoms with van der Waals surface area (Å²) in [6.45, 7) is 3.86. The molecule has 0 bridgehead atoms. The molecular weight excluding hydrogens is 304 g/mol. The summed E-state index contributed by atoms with van der Waals surface area (Å²) in [5.74, 6) is 0.0794. The maximum Gasteiger partial charge on any atom is 0.254 e. The topological polar surface area (TPSA) is 46.3 Å². The molecule has 0 aliphatic heterocycles. The van der Waals surface area contributed by atoms with E-state index in [0.29, 0.717) is 19.6 Å². The maximum absolute atomic E-state index is 13.0. The average Bonchev–Trinajstić information content (AvgIpc) is 2.59. The van der Waals surface area contributed by atoms with Crippen LogP contribution in [0.3, 0.4) is 0 Å². The van der Waals surface area contributed by atoms with E-state index in [0.717, 1.165) is 28.0 Å². The van der Waals surface area contributed by atoms with Crippen LogP contribution in [0.2, 0.25) is 0 Å². The standard InChI is InChI=1S/C19H24N2OS/c1-15-9-10-17(23-2)13-18(15)19(22)21(12-6-11-20)14-16-7-4-3-5-8-16/h3-5,7-10,13H,6,11-12,14,20H2,1-2H3. The number of nitrogens with two attached hydrogens (primary N) is 1. The zero-order chi connectivity index (χ0) is 16.7. The number of aryl methyl sites for hydroxylation is 1.